The normalized spacial score (nSPS) is 27.6. The van der Waals surface area contributed by atoms with E-state index in [1.807, 2.05) is 0 Å². The van der Waals surface area contributed by atoms with Gasteiger partial charge in [0.25, 0.3) is 0 Å². The van der Waals surface area contributed by atoms with E-state index in [0.29, 0.717) is 11.8 Å². The SMILES string of the molecule is Cc1cccc(C(NN)C2C3CCc4ccccc4C32)c1. The molecule has 4 unspecified atom stereocenters. The fourth-order valence-electron chi connectivity index (χ4n) is 4.37. The van der Waals surface area contributed by atoms with Crippen molar-refractivity contribution in [3.8, 4) is 0 Å². The van der Waals surface area contributed by atoms with Gasteiger partial charge in [-0.05, 0) is 54.2 Å². The van der Waals surface area contributed by atoms with Gasteiger partial charge in [0.1, 0.15) is 0 Å². The number of hydrogen-bond donors (Lipinski definition) is 2. The molecule has 0 heterocycles. The van der Waals surface area contributed by atoms with Gasteiger partial charge < -0.3 is 0 Å². The summed E-state index contributed by atoms with van der Waals surface area (Å²) in [7, 11) is 0. The highest BCUT2D eigenvalue weighted by Gasteiger charge is 2.56. The van der Waals surface area contributed by atoms with Crippen molar-refractivity contribution in [3.63, 3.8) is 0 Å². The van der Waals surface area contributed by atoms with Crippen LogP contribution < -0.4 is 11.3 Å². The Hall–Kier alpha value is -1.64. The summed E-state index contributed by atoms with van der Waals surface area (Å²) < 4.78 is 0. The van der Waals surface area contributed by atoms with Crippen LogP contribution in [0.4, 0.5) is 0 Å². The number of hydrazine groups is 1. The topological polar surface area (TPSA) is 38.0 Å². The number of fused-ring (bicyclic) bond motifs is 3. The Morgan fingerprint density at radius 1 is 1.14 bits per heavy atom. The number of hydrogen-bond acceptors (Lipinski definition) is 2. The van der Waals surface area contributed by atoms with Gasteiger partial charge in [-0.3, -0.25) is 11.3 Å². The monoisotopic (exact) mass is 278 g/mol. The van der Waals surface area contributed by atoms with Crippen LogP contribution in [0.15, 0.2) is 48.5 Å². The maximum atomic E-state index is 5.92. The molecule has 2 aromatic carbocycles. The Morgan fingerprint density at radius 3 is 2.81 bits per heavy atom. The number of aryl methyl sites for hydroxylation is 2. The van der Waals surface area contributed by atoms with Gasteiger partial charge in [0.15, 0.2) is 0 Å². The van der Waals surface area contributed by atoms with Gasteiger partial charge in [-0.1, -0.05) is 54.1 Å². The molecule has 0 radical (unpaired) electrons. The molecule has 4 atom stereocenters. The van der Waals surface area contributed by atoms with Gasteiger partial charge >= 0.3 is 0 Å². The van der Waals surface area contributed by atoms with Crippen LogP contribution >= 0.6 is 0 Å². The smallest absolute Gasteiger partial charge is 0.0497 e. The lowest BCUT2D eigenvalue weighted by molar-refractivity contribution is 0.460. The average Bonchev–Trinajstić information content (AvgIpc) is 3.23. The summed E-state index contributed by atoms with van der Waals surface area (Å²) in [5, 5.41) is 0. The van der Waals surface area contributed by atoms with Crippen molar-refractivity contribution in [2.24, 2.45) is 17.7 Å². The second-order valence-electron chi connectivity index (χ2n) is 6.56. The van der Waals surface area contributed by atoms with Crippen molar-refractivity contribution in [1.82, 2.24) is 5.43 Å². The predicted octanol–water partition coefficient (Wildman–Crippen LogP) is 3.48. The molecule has 0 spiro atoms. The van der Waals surface area contributed by atoms with E-state index in [-0.39, 0.29) is 6.04 Å². The molecule has 0 bridgehead atoms. The maximum Gasteiger partial charge on any atom is 0.0497 e. The van der Waals surface area contributed by atoms with Gasteiger partial charge in [-0.2, -0.15) is 0 Å². The van der Waals surface area contributed by atoms with Crippen molar-refractivity contribution in [3.05, 3.63) is 70.8 Å². The van der Waals surface area contributed by atoms with Crippen LogP contribution in [0.3, 0.4) is 0 Å². The summed E-state index contributed by atoms with van der Waals surface area (Å²) in [5.41, 5.74) is 8.83. The first kappa shape index (κ1) is 13.1. The van der Waals surface area contributed by atoms with E-state index < -0.39 is 0 Å². The van der Waals surface area contributed by atoms with Gasteiger partial charge in [-0.15, -0.1) is 0 Å². The fraction of sp³-hybridized carbons (Fsp3) is 0.368. The first-order chi connectivity index (χ1) is 10.3. The zero-order valence-electron chi connectivity index (χ0n) is 12.4. The molecular formula is C19H22N2. The molecular weight excluding hydrogens is 256 g/mol. The minimum Gasteiger partial charge on any atom is -0.271 e. The minimum absolute atomic E-state index is 0.269. The van der Waals surface area contributed by atoms with Crippen LogP contribution in [0, 0.1) is 18.8 Å². The molecule has 0 saturated heterocycles. The summed E-state index contributed by atoms with van der Waals surface area (Å²) >= 11 is 0. The zero-order chi connectivity index (χ0) is 14.4. The largest absolute Gasteiger partial charge is 0.271 e. The van der Waals surface area contributed by atoms with Crippen molar-refractivity contribution in [1.29, 1.82) is 0 Å². The van der Waals surface area contributed by atoms with Crippen LogP contribution in [-0.2, 0) is 6.42 Å². The molecule has 0 aliphatic heterocycles. The summed E-state index contributed by atoms with van der Waals surface area (Å²) in [6, 6.07) is 18.0. The molecule has 1 saturated carbocycles. The van der Waals surface area contributed by atoms with Crippen LogP contribution in [0.1, 0.15) is 40.6 Å². The Labute approximate surface area is 126 Å². The first-order valence-electron chi connectivity index (χ1n) is 7.90. The summed E-state index contributed by atoms with van der Waals surface area (Å²) in [6.07, 6.45) is 2.52. The lowest BCUT2D eigenvalue weighted by Crippen LogP contribution is -2.30. The average molecular weight is 278 g/mol. The number of nitrogens with one attached hydrogen (secondary N) is 1. The standard InChI is InChI=1S/C19H22N2/c1-12-5-4-7-14(11-12)19(21-20)18-16-10-9-13-6-2-3-8-15(13)17(16)18/h2-8,11,16-19,21H,9-10,20H2,1H3. The minimum atomic E-state index is 0.269. The molecule has 2 aliphatic rings. The van der Waals surface area contributed by atoms with Crippen LogP contribution in [-0.4, -0.2) is 0 Å². The Balaban J connectivity index is 1.66. The van der Waals surface area contributed by atoms with Crippen LogP contribution in [0.5, 0.6) is 0 Å². The third-order valence-corrected chi connectivity index (χ3v) is 5.36. The van der Waals surface area contributed by atoms with Gasteiger partial charge in [0.05, 0.1) is 0 Å². The maximum absolute atomic E-state index is 5.92. The number of rotatable bonds is 3. The van der Waals surface area contributed by atoms with Crippen LogP contribution in [0.2, 0.25) is 0 Å². The highest BCUT2D eigenvalue weighted by Crippen LogP contribution is 2.64. The molecule has 1 fully saturated rings. The third kappa shape index (κ3) is 2.10. The summed E-state index contributed by atoms with van der Waals surface area (Å²) in [5.74, 6) is 8.04. The highest BCUT2D eigenvalue weighted by atomic mass is 15.2. The van der Waals surface area contributed by atoms with E-state index in [1.165, 1.54) is 24.0 Å². The zero-order valence-corrected chi connectivity index (χ0v) is 12.4. The number of nitrogens with two attached hydrogens (primary N) is 1. The predicted molar refractivity (Wildman–Crippen MR) is 85.7 cm³/mol. The van der Waals surface area contributed by atoms with Gasteiger partial charge in [-0.25, -0.2) is 0 Å². The van der Waals surface area contributed by atoms with E-state index in [0.717, 1.165) is 5.92 Å². The van der Waals surface area contributed by atoms with E-state index in [2.05, 4.69) is 60.9 Å². The molecule has 21 heavy (non-hydrogen) atoms. The van der Waals surface area contributed by atoms with Crippen molar-refractivity contribution in [2.75, 3.05) is 0 Å². The Morgan fingerprint density at radius 2 is 2.00 bits per heavy atom. The highest BCUT2D eigenvalue weighted by molar-refractivity contribution is 5.41. The molecule has 2 aromatic rings. The van der Waals surface area contributed by atoms with Crippen molar-refractivity contribution >= 4 is 0 Å². The Bertz CT molecular complexity index is 664. The molecule has 2 heteroatoms. The van der Waals surface area contributed by atoms with E-state index in [1.54, 1.807) is 11.1 Å². The summed E-state index contributed by atoms with van der Waals surface area (Å²) in [4.78, 5) is 0. The lowest BCUT2D eigenvalue weighted by Gasteiger charge is -2.17. The first-order valence-corrected chi connectivity index (χ1v) is 7.90. The molecule has 0 aromatic heterocycles. The summed E-state index contributed by atoms with van der Waals surface area (Å²) in [6.45, 7) is 2.15. The quantitative estimate of drug-likeness (QED) is 0.666. The van der Waals surface area contributed by atoms with E-state index in [4.69, 9.17) is 5.84 Å². The molecule has 4 rings (SSSR count). The van der Waals surface area contributed by atoms with Crippen molar-refractivity contribution in [2.45, 2.75) is 31.7 Å². The second kappa shape index (κ2) is 4.97. The second-order valence-corrected chi connectivity index (χ2v) is 6.56. The number of benzene rings is 2. The molecule has 108 valence electrons. The van der Waals surface area contributed by atoms with Gasteiger partial charge in [0.2, 0.25) is 0 Å². The molecule has 2 aliphatic carbocycles. The van der Waals surface area contributed by atoms with Gasteiger partial charge in [0, 0.05) is 6.04 Å². The molecule has 2 nitrogen and oxygen atoms in total. The van der Waals surface area contributed by atoms with E-state index in [9.17, 15) is 0 Å². The molecule has 0 amide bonds. The van der Waals surface area contributed by atoms with Crippen LogP contribution in [0.25, 0.3) is 0 Å². The molecule has 3 N–H and O–H groups in total. The third-order valence-electron chi connectivity index (χ3n) is 5.36. The van der Waals surface area contributed by atoms with Crippen molar-refractivity contribution < 1.29 is 0 Å². The Kier molecular flexibility index (Phi) is 3.09. The van der Waals surface area contributed by atoms with E-state index >= 15 is 0 Å². The fourth-order valence-corrected chi connectivity index (χ4v) is 4.37. The lowest BCUT2D eigenvalue weighted by atomic mass is 9.92.